The lowest BCUT2D eigenvalue weighted by Gasteiger charge is -2.34. The van der Waals surface area contributed by atoms with Gasteiger partial charge in [0.15, 0.2) is 0 Å². The summed E-state index contributed by atoms with van der Waals surface area (Å²) in [5, 5.41) is 3.06. The van der Waals surface area contributed by atoms with Gasteiger partial charge in [0.2, 0.25) is 5.91 Å². The minimum atomic E-state index is -0.465. The molecule has 4 nitrogen and oxygen atoms in total. The first-order valence-corrected chi connectivity index (χ1v) is 8.67. The summed E-state index contributed by atoms with van der Waals surface area (Å²) < 4.78 is 13.8. The van der Waals surface area contributed by atoms with Crippen molar-refractivity contribution in [1.82, 2.24) is 4.90 Å². The number of carbonyl (C=O) groups is 1. The fourth-order valence-electron chi connectivity index (χ4n) is 2.89. The number of halogens is 2. The molecule has 0 atom stereocenters. The average Bonchev–Trinajstić information content (AvgIpc) is 2.60. The fraction of sp³-hybridized carbons (Fsp3) is 0.316. The molecule has 0 aliphatic carbocycles. The number of benzene rings is 2. The lowest BCUT2D eigenvalue weighted by Crippen LogP contribution is -2.44. The Morgan fingerprint density at radius 1 is 1.12 bits per heavy atom. The number of carbonyl (C=O) groups excluding carboxylic acids is 1. The van der Waals surface area contributed by atoms with Crippen LogP contribution in [0.2, 0.25) is 5.02 Å². The standard InChI is InChI=1S/C19H21ClFN3O/c1-23-9-11-24(12-10-23)15-7-5-14(6-8-15)22-19(25)13-16-17(20)3-2-4-18(16)21/h2-8H,9-13H2,1H3,(H,22,25). The van der Waals surface area contributed by atoms with Crippen LogP contribution in [-0.2, 0) is 11.2 Å². The number of piperazine rings is 1. The maximum Gasteiger partial charge on any atom is 0.228 e. The van der Waals surface area contributed by atoms with E-state index in [9.17, 15) is 9.18 Å². The Labute approximate surface area is 152 Å². The van der Waals surface area contributed by atoms with Crippen LogP contribution >= 0.6 is 11.6 Å². The summed E-state index contributed by atoms with van der Waals surface area (Å²) in [6, 6.07) is 12.1. The Hall–Kier alpha value is -2.11. The van der Waals surface area contributed by atoms with E-state index in [4.69, 9.17) is 11.6 Å². The molecule has 0 saturated carbocycles. The van der Waals surface area contributed by atoms with Gasteiger partial charge in [0.05, 0.1) is 6.42 Å². The molecule has 1 aliphatic rings. The molecule has 25 heavy (non-hydrogen) atoms. The van der Waals surface area contributed by atoms with E-state index in [1.54, 1.807) is 6.07 Å². The molecule has 0 radical (unpaired) electrons. The van der Waals surface area contributed by atoms with Crippen LogP contribution in [0.3, 0.4) is 0 Å². The SMILES string of the molecule is CN1CCN(c2ccc(NC(=O)Cc3c(F)cccc3Cl)cc2)CC1. The predicted octanol–water partition coefficient (Wildman–Crippen LogP) is 3.41. The monoisotopic (exact) mass is 361 g/mol. The normalized spacial score (nSPS) is 15.2. The molecule has 6 heteroatoms. The summed E-state index contributed by atoms with van der Waals surface area (Å²) in [6.07, 6.45) is -0.0915. The lowest BCUT2D eigenvalue weighted by atomic mass is 10.1. The van der Waals surface area contributed by atoms with Crippen LogP contribution in [0.25, 0.3) is 0 Å². The molecule has 1 fully saturated rings. The highest BCUT2D eigenvalue weighted by molar-refractivity contribution is 6.31. The van der Waals surface area contributed by atoms with Gasteiger partial charge >= 0.3 is 0 Å². The zero-order valence-electron chi connectivity index (χ0n) is 14.1. The van der Waals surface area contributed by atoms with Gasteiger partial charge in [-0.05, 0) is 43.4 Å². The maximum absolute atomic E-state index is 13.8. The van der Waals surface area contributed by atoms with Crippen molar-refractivity contribution in [2.45, 2.75) is 6.42 Å². The molecule has 1 aliphatic heterocycles. The largest absolute Gasteiger partial charge is 0.369 e. The number of rotatable bonds is 4. The highest BCUT2D eigenvalue weighted by Crippen LogP contribution is 2.22. The van der Waals surface area contributed by atoms with E-state index in [-0.39, 0.29) is 22.9 Å². The van der Waals surface area contributed by atoms with Crippen molar-refractivity contribution in [3.63, 3.8) is 0 Å². The van der Waals surface area contributed by atoms with Gasteiger partial charge in [-0.15, -0.1) is 0 Å². The van der Waals surface area contributed by atoms with Crippen LogP contribution in [0, 0.1) is 5.82 Å². The van der Waals surface area contributed by atoms with Crippen LogP contribution < -0.4 is 10.2 Å². The third kappa shape index (κ3) is 4.50. The van der Waals surface area contributed by atoms with Crippen molar-refractivity contribution in [3.8, 4) is 0 Å². The van der Waals surface area contributed by atoms with Gasteiger partial charge in [-0.2, -0.15) is 0 Å². The molecule has 1 saturated heterocycles. The van der Waals surface area contributed by atoms with Gasteiger partial charge < -0.3 is 15.1 Å². The molecule has 0 unspecified atom stereocenters. The van der Waals surface area contributed by atoms with Crippen molar-refractivity contribution in [2.24, 2.45) is 0 Å². The van der Waals surface area contributed by atoms with E-state index >= 15 is 0 Å². The van der Waals surface area contributed by atoms with Crippen LogP contribution in [-0.4, -0.2) is 44.0 Å². The summed E-state index contributed by atoms with van der Waals surface area (Å²) >= 11 is 5.96. The van der Waals surface area contributed by atoms with E-state index in [1.807, 2.05) is 24.3 Å². The Morgan fingerprint density at radius 2 is 1.80 bits per heavy atom. The van der Waals surface area contributed by atoms with Crippen LogP contribution in [0.4, 0.5) is 15.8 Å². The predicted molar refractivity (Wildman–Crippen MR) is 99.9 cm³/mol. The average molecular weight is 362 g/mol. The maximum atomic E-state index is 13.8. The first-order chi connectivity index (χ1) is 12.0. The number of hydrogen-bond donors (Lipinski definition) is 1. The van der Waals surface area contributed by atoms with Gasteiger partial charge in [0.1, 0.15) is 5.82 Å². The molecule has 3 rings (SSSR count). The summed E-state index contributed by atoms with van der Waals surface area (Å²) in [5.41, 5.74) is 2.05. The summed E-state index contributed by atoms with van der Waals surface area (Å²) in [6.45, 7) is 4.08. The topological polar surface area (TPSA) is 35.6 Å². The molecular formula is C19H21ClFN3O. The minimum Gasteiger partial charge on any atom is -0.369 e. The molecule has 1 heterocycles. The molecular weight excluding hydrogens is 341 g/mol. The molecule has 0 aromatic heterocycles. The zero-order chi connectivity index (χ0) is 17.8. The summed E-state index contributed by atoms with van der Waals surface area (Å²) in [7, 11) is 2.12. The second kappa shape index (κ2) is 7.85. The van der Waals surface area contributed by atoms with E-state index in [2.05, 4.69) is 22.2 Å². The Kier molecular flexibility index (Phi) is 5.56. The first-order valence-electron chi connectivity index (χ1n) is 8.29. The van der Waals surface area contributed by atoms with Crippen molar-refractivity contribution < 1.29 is 9.18 Å². The van der Waals surface area contributed by atoms with E-state index in [0.717, 1.165) is 31.9 Å². The van der Waals surface area contributed by atoms with Crippen molar-refractivity contribution in [3.05, 3.63) is 58.9 Å². The van der Waals surface area contributed by atoms with Gasteiger partial charge in [-0.3, -0.25) is 4.79 Å². The lowest BCUT2D eigenvalue weighted by molar-refractivity contribution is -0.115. The van der Waals surface area contributed by atoms with Gasteiger partial charge in [-0.1, -0.05) is 17.7 Å². The van der Waals surface area contributed by atoms with Crippen molar-refractivity contribution in [2.75, 3.05) is 43.4 Å². The zero-order valence-corrected chi connectivity index (χ0v) is 14.9. The summed E-state index contributed by atoms with van der Waals surface area (Å²) in [4.78, 5) is 16.8. The third-order valence-electron chi connectivity index (χ3n) is 4.42. The minimum absolute atomic E-state index is 0.0915. The molecule has 1 amide bonds. The Bertz CT molecular complexity index is 723. The highest BCUT2D eigenvalue weighted by Gasteiger charge is 2.15. The van der Waals surface area contributed by atoms with Gasteiger partial charge in [0.25, 0.3) is 0 Å². The van der Waals surface area contributed by atoms with Gasteiger partial charge in [-0.25, -0.2) is 4.39 Å². The molecule has 0 spiro atoms. The van der Waals surface area contributed by atoms with Crippen molar-refractivity contribution in [1.29, 1.82) is 0 Å². The van der Waals surface area contributed by atoms with Crippen LogP contribution in [0.1, 0.15) is 5.56 Å². The molecule has 2 aromatic carbocycles. The fourth-order valence-corrected chi connectivity index (χ4v) is 3.12. The van der Waals surface area contributed by atoms with E-state index in [1.165, 1.54) is 12.1 Å². The molecule has 1 N–H and O–H groups in total. The molecule has 2 aromatic rings. The smallest absolute Gasteiger partial charge is 0.228 e. The van der Waals surface area contributed by atoms with Crippen molar-refractivity contribution >= 4 is 28.9 Å². The van der Waals surface area contributed by atoms with E-state index in [0.29, 0.717) is 5.69 Å². The molecule has 132 valence electrons. The number of nitrogens with one attached hydrogen (secondary N) is 1. The second-order valence-corrected chi connectivity index (χ2v) is 6.67. The highest BCUT2D eigenvalue weighted by atomic mass is 35.5. The number of hydrogen-bond acceptors (Lipinski definition) is 3. The number of amides is 1. The van der Waals surface area contributed by atoms with Crippen LogP contribution in [0.5, 0.6) is 0 Å². The summed E-state index contributed by atoms with van der Waals surface area (Å²) in [5.74, 6) is -0.757. The van der Waals surface area contributed by atoms with E-state index < -0.39 is 5.82 Å². The number of nitrogens with zero attached hydrogens (tertiary/aromatic N) is 2. The first kappa shape index (κ1) is 17.7. The van der Waals surface area contributed by atoms with Crippen LogP contribution in [0.15, 0.2) is 42.5 Å². The number of anilines is 2. The number of likely N-dealkylation sites (N-methyl/N-ethyl adjacent to an activating group) is 1. The molecule has 0 bridgehead atoms. The Balaban J connectivity index is 1.60. The Morgan fingerprint density at radius 3 is 2.44 bits per heavy atom. The quantitative estimate of drug-likeness (QED) is 0.906. The second-order valence-electron chi connectivity index (χ2n) is 6.26. The van der Waals surface area contributed by atoms with Gasteiger partial charge in [0, 0.05) is 48.1 Å². The third-order valence-corrected chi connectivity index (χ3v) is 4.77.